The SMILES string of the molecule is O=C(NC1(C(=O)O)CCOC1)c1cc(F)cc2[nH]cnc12. The highest BCUT2D eigenvalue weighted by Gasteiger charge is 2.44. The van der Waals surface area contributed by atoms with E-state index in [2.05, 4.69) is 15.3 Å². The minimum absolute atomic E-state index is 0.0150. The quantitative estimate of drug-likeness (QED) is 0.771. The van der Waals surface area contributed by atoms with E-state index < -0.39 is 23.2 Å². The predicted molar refractivity (Wildman–Crippen MR) is 69.3 cm³/mol. The van der Waals surface area contributed by atoms with E-state index >= 15 is 0 Å². The number of amides is 1. The second kappa shape index (κ2) is 4.81. The van der Waals surface area contributed by atoms with Crippen molar-refractivity contribution < 1.29 is 23.8 Å². The van der Waals surface area contributed by atoms with E-state index in [1.165, 1.54) is 12.4 Å². The maximum atomic E-state index is 13.5. The van der Waals surface area contributed by atoms with E-state index in [1.807, 2.05) is 0 Å². The summed E-state index contributed by atoms with van der Waals surface area (Å²) in [6, 6.07) is 2.24. The van der Waals surface area contributed by atoms with Gasteiger partial charge in [0.15, 0.2) is 5.54 Å². The molecule has 0 saturated carbocycles. The molecule has 1 aliphatic rings. The third-order valence-corrected chi connectivity index (χ3v) is 3.52. The lowest BCUT2D eigenvalue weighted by molar-refractivity contribution is -0.144. The van der Waals surface area contributed by atoms with Crippen molar-refractivity contribution in [3.63, 3.8) is 0 Å². The number of H-pyrrole nitrogens is 1. The summed E-state index contributed by atoms with van der Waals surface area (Å²) < 4.78 is 18.6. The van der Waals surface area contributed by atoms with Gasteiger partial charge in [0, 0.05) is 13.0 Å². The summed E-state index contributed by atoms with van der Waals surface area (Å²) in [4.78, 5) is 30.4. The smallest absolute Gasteiger partial charge is 0.331 e. The normalized spacial score (nSPS) is 21.6. The number of carbonyl (C=O) groups is 2. The van der Waals surface area contributed by atoms with Crippen LogP contribution in [-0.4, -0.2) is 45.7 Å². The first kappa shape index (κ1) is 13.5. The lowest BCUT2D eigenvalue weighted by Gasteiger charge is -2.23. The molecule has 110 valence electrons. The van der Waals surface area contributed by atoms with E-state index in [9.17, 15) is 19.1 Å². The van der Waals surface area contributed by atoms with Crippen molar-refractivity contribution in [1.82, 2.24) is 15.3 Å². The molecule has 3 rings (SSSR count). The van der Waals surface area contributed by atoms with Crippen LogP contribution in [0.25, 0.3) is 11.0 Å². The summed E-state index contributed by atoms with van der Waals surface area (Å²) in [6.45, 7) is 0.126. The Labute approximate surface area is 118 Å². The number of nitrogens with zero attached hydrogens (tertiary/aromatic N) is 1. The maximum Gasteiger partial charge on any atom is 0.331 e. The van der Waals surface area contributed by atoms with Crippen LogP contribution >= 0.6 is 0 Å². The fourth-order valence-corrected chi connectivity index (χ4v) is 2.36. The van der Waals surface area contributed by atoms with Gasteiger partial charge in [0.1, 0.15) is 11.3 Å². The van der Waals surface area contributed by atoms with Crippen molar-refractivity contribution in [2.45, 2.75) is 12.0 Å². The van der Waals surface area contributed by atoms with Crippen molar-refractivity contribution in [1.29, 1.82) is 0 Å². The summed E-state index contributed by atoms with van der Waals surface area (Å²) in [6.07, 6.45) is 1.50. The predicted octanol–water partition coefficient (Wildman–Crippen LogP) is 0.675. The average molecular weight is 293 g/mol. The van der Waals surface area contributed by atoms with E-state index in [4.69, 9.17) is 4.74 Å². The zero-order chi connectivity index (χ0) is 15.0. The Morgan fingerprint density at radius 3 is 2.95 bits per heavy atom. The number of rotatable bonds is 3. The average Bonchev–Trinajstić information content (AvgIpc) is 3.06. The number of fused-ring (bicyclic) bond motifs is 1. The van der Waals surface area contributed by atoms with Gasteiger partial charge in [0.2, 0.25) is 0 Å². The van der Waals surface area contributed by atoms with Crippen LogP contribution in [0.3, 0.4) is 0 Å². The zero-order valence-corrected chi connectivity index (χ0v) is 10.9. The van der Waals surface area contributed by atoms with Crippen LogP contribution in [0, 0.1) is 5.82 Å². The molecule has 1 aromatic carbocycles. The fourth-order valence-electron chi connectivity index (χ4n) is 2.36. The van der Waals surface area contributed by atoms with Gasteiger partial charge in [-0.1, -0.05) is 0 Å². The van der Waals surface area contributed by atoms with Gasteiger partial charge in [-0.3, -0.25) is 4.79 Å². The van der Waals surface area contributed by atoms with Crippen LogP contribution in [0.1, 0.15) is 16.8 Å². The molecule has 21 heavy (non-hydrogen) atoms. The van der Waals surface area contributed by atoms with Crippen LogP contribution in [0.2, 0.25) is 0 Å². The molecule has 1 aromatic heterocycles. The number of hydrogen-bond acceptors (Lipinski definition) is 4. The molecular formula is C13H12FN3O4. The van der Waals surface area contributed by atoms with Crippen LogP contribution in [0.5, 0.6) is 0 Å². The molecule has 0 bridgehead atoms. The third-order valence-electron chi connectivity index (χ3n) is 3.52. The number of imidazole rings is 1. The van der Waals surface area contributed by atoms with Crippen LogP contribution < -0.4 is 5.32 Å². The monoisotopic (exact) mass is 293 g/mol. The van der Waals surface area contributed by atoms with E-state index in [0.29, 0.717) is 5.52 Å². The first-order valence-corrected chi connectivity index (χ1v) is 6.28. The number of aliphatic carboxylic acids is 1. The molecule has 1 amide bonds. The number of benzene rings is 1. The molecular weight excluding hydrogens is 281 g/mol. The Morgan fingerprint density at radius 2 is 2.29 bits per heavy atom. The lowest BCUT2D eigenvalue weighted by Crippen LogP contribution is -2.55. The van der Waals surface area contributed by atoms with E-state index in [1.54, 1.807) is 0 Å². The lowest BCUT2D eigenvalue weighted by atomic mass is 9.98. The number of carbonyl (C=O) groups excluding carboxylic acids is 1. The number of halogens is 1. The zero-order valence-electron chi connectivity index (χ0n) is 10.9. The maximum absolute atomic E-state index is 13.5. The molecule has 3 N–H and O–H groups in total. The summed E-state index contributed by atoms with van der Waals surface area (Å²) in [5.74, 6) is -2.48. The molecule has 1 aliphatic heterocycles. The Hall–Kier alpha value is -2.48. The Morgan fingerprint density at radius 1 is 1.48 bits per heavy atom. The Kier molecular flexibility index (Phi) is 3.09. The topological polar surface area (TPSA) is 104 Å². The van der Waals surface area contributed by atoms with Crippen LogP contribution in [0.15, 0.2) is 18.5 Å². The van der Waals surface area contributed by atoms with Gasteiger partial charge in [0.05, 0.1) is 24.0 Å². The van der Waals surface area contributed by atoms with Gasteiger partial charge in [0.25, 0.3) is 5.91 Å². The standard InChI is InChI=1S/C13H12FN3O4/c14-7-3-8(10-9(4-7)15-6-16-10)11(18)17-13(12(19)20)1-2-21-5-13/h3-4,6H,1-2,5H2,(H,15,16)(H,17,18)(H,19,20). The highest BCUT2D eigenvalue weighted by atomic mass is 19.1. The summed E-state index contributed by atoms with van der Waals surface area (Å²) in [5, 5.41) is 11.7. The number of carboxylic acids is 1. The first-order valence-electron chi connectivity index (χ1n) is 6.28. The van der Waals surface area contributed by atoms with Crippen LogP contribution in [0.4, 0.5) is 4.39 Å². The second-order valence-corrected chi connectivity index (χ2v) is 4.90. The van der Waals surface area contributed by atoms with Crippen molar-refractivity contribution >= 4 is 22.9 Å². The highest BCUT2D eigenvalue weighted by molar-refractivity contribution is 6.06. The largest absolute Gasteiger partial charge is 0.479 e. The molecule has 2 heterocycles. The van der Waals surface area contributed by atoms with E-state index in [0.717, 1.165) is 6.07 Å². The number of aromatic nitrogens is 2. The minimum Gasteiger partial charge on any atom is -0.479 e. The number of ether oxygens (including phenoxy) is 1. The van der Waals surface area contributed by atoms with Crippen molar-refractivity contribution in [2.75, 3.05) is 13.2 Å². The van der Waals surface area contributed by atoms with Crippen molar-refractivity contribution in [3.8, 4) is 0 Å². The third kappa shape index (κ3) is 2.23. The first-order chi connectivity index (χ1) is 10.0. The summed E-state index contributed by atoms with van der Waals surface area (Å²) in [7, 11) is 0. The molecule has 8 heteroatoms. The molecule has 0 aliphatic carbocycles. The molecule has 1 unspecified atom stereocenters. The Balaban J connectivity index is 1.97. The van der Waals surface area contributed by atoms with Crippen molar-refractivity contribution in [2.24, 2.45) is 0 Å². The molecule has 0 radical (unpaired) electrons. The van der Waals surface area contributed by atoms with E-state index in [-0.39, 0.29) is 30.7 Å². The van der Waals surface area contributed by atoms with Gasteiger partial charge >= 0.3 is 5.97 Å². The summed E-state index contributed by atoms with van der Waals surface area (Å²) in [5.41, 5.74) is -0.842. The fraction of sp³-hybridized carbons (Fsp3) is 0.308. The molecule has 7 nitrogen and oxygen atoms in total. The highest BCUT2D eigenvalue weighted by Crippen LogP contribution is 2.22. The summed E-state index contributed by atoms with van der Waals surface area (Å²) >= 11 is 0. The minimum atomic E-state index is -1.48. The molecule has 1 atom stereocenters. The van der Waals surface area contributed by atoms with Crippen molar-refractivity contribution in [3.05, 3.63) is 29.8 Å². The molecule has 2 aromatic rings. The van der Waals surface area contributed by atoms with Crippen LogP contribution in [-0.2, 0) is 9.53 Å². The second-order valence-electron chi connectivity index (χ2n) is 4.90. The molecule has 0 spiro atoms. The van der Waals surface area contributed by atoms with Gasteiger partial charge in [-0.05, 0) is 12.1 Å². The number of hydrogen-bond donors (Lipinski definition) is 3. The molecule has 1 fully saturated rings. The number of aromatic amines is 1. The van der Waals surface area contributed by atoms with Gasteiger partial charge < -0.3 is 20.1 Å². The Bertz CT molecular complexity index is 721. The van der Waals surface area contributed by atoms with Gasteiger partial charge in [-0.2, -0.15) is 0 Å². The number of nitrogens with one attached hydrogen (secondary N) is 2. The number of carboxylic acid groups (broad SMARTS) is 1. The van der Waals surface area contributed by atoms with Gasteiger partial charge in [-0.25, -0.2) is 14.2 Å². The van der Waals surface area contributed by atoms with Gasteiger partial charge in [-0.15, -0.1) is 0 Å². The molecule has 1 saturated heterocycles.